The molecule has 13 aromatic carbocycles. The zero-order valence-corrected chi connectivity index (χ0v) is 48.7. The standard InChI is InChI=1S/C76H76/c1-71(2,3)45-31-43(32-46(35-45)72(4,5)6)65-61-39-57-51-25-27-53-59-37-49(75(13,14)15)29-42-30-50(76(16,17)18)38-60(64(42)59)54-28-26-52(67(51)68(53)54)58(57)40-62(61)66(44-33-47(73(7,8)9)36-48(34-44)74(10,11)12)70-56-24-20-22-41-21-19-23-55(63(41)56)69(65)70/h19-40H,1-18H3. The average Bonchev–Trinajstić information content (AvgIpc) is 4.00. The first-order chi connectivity index (χ1) is 35.5. The predicted octanol–water partition coefficient (Wildman–Crippen LogP) is 22.7. The molecule has 13 aromatic rings. The van der Waals surface area contributed by atoms with E-state index in [4.69, 9.17) is 0 Å². The van der Waals surface area contributed by atoms with Gasteiger partial charge in [-0.25, -0.2) is 0 Å². The van der Waals surface area contributed by atoms with Crippen molar-refractivity contribution < 1.29 is 0 Å². The molecule has 0 fully saturated rings. The van der Waals surface area contributed by atoms with Gasteiger partial charge >= 0.3 is 0 Å². The van der Waals surface area contributed by atoms with Crippen molar-refractivity contribution in [2.75, 3.05) is 0 Å². The molecular formula is C76H76. The molecule has 0 saturated carbocycles. The largest absolute Gasteiger partial charge is 0.0610 e. The zero-order chi connectivity index (χ0) is 53.9. The molecule has 0 N–H and O–H groups in total. The molecule has 0 saturated heterocycles. The maximum Gasteiger partial charge on any atom is -0.000741 e. The highest BCUT2D eigenvalue weighted by Crippen LogP contribution is 2.56. The molecule has 76 heavy (non-hydrogen) atoms. The van der Waals surface area contributed by atoms with Crippen LogP contribution < -0.4 is 0 Å². The van der Waals surface area contributed by atoms with E-state index in [1.807, 2.05) is 0 Å². The lowest BCUT2D eigenvalue weighted by Gasteiger charge is -2.28. The lowest BCUT2D eigenvalue weighted by Crippen LogP contribution is -2.16. The highest BCUT2D eigenvalue weighted by atomic mass is 14.3. The average molecular weight is 989 g/mol. The van der Waals surface area contributed by atoms with E-state index in [1.54, 1.807) is 0 Å². The summed E-state index contributed by atoms with van der Waals surface area (Å²) in [7, 11) is 0. The number of rotatable bonds is 2. The van der Waals surface area contributed by atoms with E-state index in [0.29, 0.717) is 0 Å². The van der Waals surface area contributed by atoms with Gasteiger partial charge in [-0.1, -0.05) is 234 Å². The summed E-state index contributed by atoms with van der Waals surface area (Å²) < 4.78 is 0. The topological polar surface area (TPSA) is 0 Å². The molecule has 0 heterocycles. The Kier molecular flexibility index (Phi) is 9.94. The van der Waals surface area contributed by atoms with Gasteiger partial charge in [0.15, 0.2) is 0 Å². The smallest absolute Gasteiger partial charge is 0.000741 e. The Labute approximate surface area is 451 Å². The molecule has 0 aliphatic carbocycles. The Morgan fingerprint density at radius 3 is 0.829 bits per heavy atom. The number of hydrogen-bond donors (Lipinski definition) is 0. The summed E-state index contributed by atoms with van der Waals surface area (Å²) >= 11 is 0. The van der Waals surface area contributed by atoms with Crippen LogP contribution in [0.2, 0.25) is 0 Å². The second-order valence-corrected chi connectivity index (χ2v) is 29.5. The maximum atomic E-state index is 2.65. The Bertz CT molecular complexity index is 4240. The van der Waals surface area contributed by atoms with Crippen LogP contribution in [0.3, 0.4) is 0 Å². The molecule has 0 aromatic heterocycles. The molecular weight excluding hydrogens is 913 g/mol. The zero-order valence-electron chi connectivity index (χ0n) is 48.7. The van der Waals surface area contributed by atoms with E-state index >= 15 is 0 Å². The van der Waals surface area contributed by atoms with Gasteiger partial charge in [0.2, 0.25) is 0 Å². The van der Waals surface area contributed by atoms with Gasteiger partial charge in [0.1, 0.15) is 0 Å². The van der Waals surface area contributed by atoms with Gasteiger partial charge in [-0.2, -0.15) is 0 Å². The van der Waals surface area contributed by atoms with E-state index in [-0.39, 0.29) is 32.5 Å². The molecule has 0 aliphatic heterocycles. The van der Waals surface area contributed by atoms with Gasteiger partial charge in [0.25, 0.3) is 0 Å². The van der Waals surface area contributed by atoms with Crippen molar-refractivity contribution in [2.45, 2.75) is 157 Å². The predicted molar refractivity (Wildman–Crippen MR) is 338 cm³/mol. The van der Waals surface area contributed by atoms with Crippen LogP contribution in [0, 0.1) is 0 Å². The van der Waals surface area contributed by atoms with Gasteiger partial charge in [-0.05, 0) is 220 Å². The van der Waals surface area contributed by atoms with Crippen molar-refractivity contribution in [1.29, 1.82) is 0 Å². The Morgan fingerprint density at radius 1 is 0.197 bits per heavy atom. The van der Waals surface area contributed by atoms with E-state index in [9.17, 15) is 0 Å². The molecule has 0 radical (unpaired) electrons. The molecule has 380 valence electrons. The number of benzene rings is 11. The molecule has 13 rings (SSSR count). The summed E-state index contributed by atoms with van der Waals surface area (Å²) in [5, 5.41) is 27.0. The van der Waals surface area contributed by atoms with E-state index in [2.05, 4.69) is 258 Å². The van der Waals surface area contributed by atoms with Crippen molar-refractivity contribution in [3.8, 4) is 22.3 Å². The summed E-state index contributed by atoms with van der Waals surface area (Å²) in [6.07, 6.45) is 0. The first-order valence-electron chi connectivity index (χ1n) is 28.2. The lowest BCUT2D eigenvalue weighted by molar-refractivity contribution is 0.568. The normalized spacial score (nSPS) is 13.9. The molecule has 0 nitrogen and oxygen atoms in total. The molecule has 0 atom stereocenters. The van der Waals surface area contributed by atoms with Crippen LogP contribution in [0.5, 0.6) is 0 Å². The maximum absolute atomic E-state index is 2.65. The van der Waals surface area contributed by atoms with Crippen molar-refractivity contribution in [1.82, 2.24) is 0 Å². The third-order valence-corrected chi connectivity index (χ3v) is 17.9. The third kappa shape index (κ3) is 7.14. The highest BCUT2D eigenvalue weighted by molar-refractivity contribution is 6.45. The second kappa shape index (κ2) is 15.5. The minimum absolute atomic E-state index is 0.00407. The fraction of sp³-hybridized carbons (Fsp3) is 0.316. The molecule has 0 aliphatic rings. The van der Waals surface area contributed by atoms with E-state index in [1.165, 1.54) is 163 Å². The minimum Gasteiger partial charge on any atom is -0.0610 e. The van der Waals surface area contributed by atoms with Crippen molar-refractivity contribution >= 4 is 108 Å². The lowest BCUT2D eigenvalue weighted by atomic mass is 9.76. The van der Waals surface area contributed by atoms with E-state index < -0.39 is 0 Å². The first kappa shape index (κ1) is 48.9. The highest BCUT2D eigenvalue weighted by Gasteiger charge is 2.31. The van der Waals surface area contributed by atoms with Crippen molar-refractivity contribution in [3.05, 3.63) is 167 Å². The minimum atomic E-state index is -0.0577. The summed E-state index contributed by atoms with van der Waals surface area (Å²) in [6.45, 7) is 42.7. The fourth-order valence-electron chi connectivity index (χ4n) is 13.4. The second-order valence-electron chi connectivity index (χ2n) is 29.5. The van der Waals surface area contributed by atoms with Crippen LogP contribution in [0.15, 0.2) is 133 Å². The summed E-state index contributed by atoms with van der Waals surface area (Å²) in [6, 6.07) is 54.5. The molecule has 0 heteroatoms. The van der Waals surface area contributed by atoms with Crippen molar-refractivity contribution in [2.24, 2.45) is 0 Å². The van der Waals surface area contributed by atoms with Gasteiger partial charge in [0.05, 0.1) is 0 Å². The Morgan fingerprint density at radius 2 is 0.500 bits per heavy atom. The van der Waals surface area contributed by atoms with Crippen LogP contribution in [0.4, 0.5) is 0 Å². The quantitative estimate of drug-likeness (QED) is 0.120. The summed E-state index contributed by atoms with van der Waals surface area (Å²) in [4.78, 5) is 0. The van der Waals surface area contributed by atoms with Crippen LogP contribution in [0.25, 0.3) is 130 Å². The summed E-state index contributed by atoms with van der Waals surface area (Å²) in [5.41, 5.74) is 13.3. The Balaban J connectivity index is 1.29. The molecule has 0 unspecified atom stereocenters. The van der Waals surface area contributed by atoms with Crippen LogP contribution in [-0.2, 0) is 32.5 Å². The molecule has 0 spiro atoms. The SMILES string of the molecule is CC(C)(C)c1cc(-c2c3cc4c(cc3c(-c3cc(C(C)(C)C)cc(C(C)(C)C)c3)c3c5cccc6cccc(c23)c65)c2ccc3c5cc(C(C)(C)C)cc6cc(C(C)(C)C)cc(c7ccc4c2c73)c65)cc(C(C)(C)C)c1. The van der Waals surface area contributed by atoms with Crippen LogP contribution in [0.1, 0.15) is 158 Å². The van der Waals surface area contributed by atoms with Gasteiger partial charge in [-0.15, -0.1) is 0 Å². The van der Waals surface area contributed by atoms with Gasteiger partial charge in [-0.3, -0.25) is 0 Å². The van der Waals surface area contributed by atoms with Crippen LogP contribution in [-0.4, -0.2) is 0 Å². The van der Waals surface area contributed by atoms with Gasteiger partial charge in [0, 0.05) is 0 Å². The Hall–Kier alpha value is -6.76. The third-order valence-electron chi connectivity index (χ3n) is 17.9. The van der Waals surface area contributed by atoms with Crippen molar-refractivity contribution in [3.63, 3.8) is 0 Å². The van der Waals surface area contributed by atoms with Gasteiger partial charge < -0.3 is 0 Å². The fourth-order valence-corrected chi connectivity index (χ4v) is 13.4. The monoisotopic (exact) mass is 989 g/mol. The molecule has 0 amide bonds. The first-order valence-corrected chi connectivity index (χ1v) is 28.2. The van der Waals surface area contributed by atoms with E-state index in [0.717, 1.165) is 0 Å². The molecule has 0 bridgehead atoms. The number of hydrogen-bond acceptors (Lipinski definition) is 0. The summed E-state index contributed by atoms with van der Waals surface area (Å²) in [5.74, 6) is 0. The number of fused-ring (bicyclic) bond motifs is 9. The van der Waals surface area contributed by atoms with Crippen LogP contribution >= 0.6 is 0 Å².